The molecule has 0 saturated heterocycles. The summed E-state index contributed by atoms with van der Waals surface area (Å²) in [5, 5.41) is 7.76. The zero-order valence-corrected chi connectivity index (χ0v) is 18.7. The summed E-state index contributed by atoms with van der Waals surface area (Å²) < 4.78 is 2.08. The lowest BCUT2D eigenvalue weighted by Gasteiger charge is -2.13. The molecule has 2 aromatic heterocycles. The zero-order chi connectivity index (χ0) is 23.3. The van der Waals surface area contributed by atoms with Gasteiger partial charge < -0.3 is 16.4 Å². The van der Waals surface area contributed by atoms with Crippen molar-refractivity contribution >= 4 is 39.5 Å². The van der Waals surface area contributed by atoms with Crippen molar-refractivity contribution in [2.24, 2.45) is 0 Å². The van der Waals surface area contributed by atoms with Gasteiger partial charge in [-0.15, -0.1) is 0 Å². The van der Waals surface area contributed by atoms with Gasteiger partial charge in [-0.3, -0.25) is 4.40 Å². The molecular formula is C27H24N6O. The molecule has 1 aliphatic rings. The van der Waals surface area contributed by atoms with Crippen molar-refractivity contribution in [3.8, 4) is 11.3 Å². The minimum atomic E-state index is -0.297. The van der Waals surface area contributed by atoms with E-state index in [1.807, 2.05) is 72.9 Å². The van der Waals surface area contributed by atoms with Crippen molar-refractivity contribution in [3.63, 3.8) is 0 Å². The van der Waals surface area contributed by atoms with Crippen LogP contribution in [0.15, 0.2) is 79.1 Å². The first-order chi connectivity index (χ1) is 16.5. The predicted molar refractivity (Wildman–Crippen MR) is 136 cm³/mol. The Kier molecular flexibility index (Phi) is 4.52. The number of nitrogen functional groups attached to an aromatic ring is 1. The summed E-state index contributed by atoms with van der Waals surface area (Å²) in [7, 11) is 0. The number of carbonyl (C=O) groups is 1. The smallest absolute Gasteiger partial charge is 0.323 e. The SMILES string of the molecule is CC1(c2nc(-c3ccc(NC(=O)Nc4ccccc4)c4ccccc34)c3c(N)nccn23)CC1. The van der Waals surface area contributed by atoms with E-state index in [2.05, 4.69) is 26.9 Å². The molecule has 1 saturated carbocycles. The maximum Gasteiger partial charge on any atom is 0.323 e. The van der Waals surface area contributed by atoms with E-state index in [4.69, 9.17) is 10.7 Å². The van der Waals surface area contributed by atoms with Crippen LogP contribution in [0.3, 0.4) is 0 Å². The number of amides is 2. The molecule has 0 atom stereocenters. The van der Waals surface area contributed by atoms with Gasteiger partial charge in [-0.05, 0) is 36.4 Å². The first-order valence-electron chi connectivity index (χ1n) is 11.3. The van der Waals surface area contributed by atoms with E-state index < -0.39 is 0 Å². The largest absolute Gasteiger partial charge is 0.382 e. The molecular weight excluding hydrogens is 424 g/mol. The quantitative estimate of drug-likeness (QED) is 0.322. The molecule has 5 aromatic rings. The number of fused-ring (bicyclic) bond motifs is 2. The van der Waals surface area contributed by atoms with E-state index in [-0.39, 0.29) is 11.4 Å². The first-order valence-corrected chi connectivity index (χ1v) is 11.3. The number of nitrogens with two attached hydrogens (primary N) is 1. The van der Waals surface area contributed by atoms with Crippen molar-refractivity contribution in [2.75, 3.05) is 16.4 Å². The number of imidazole rings is 1. The molecule has 2 heterocycles. The molecule has 168 valence electrons. The fraction of sp³-hybridized carbons (Fsp3) is 0.148. The molecule has 1 aliphatic carbocycles. The highest BCUT2D eigenvalue weighted by Crippen LogP contribution is 2.49. The molecule has 0 aliphatic heterocycles. The molecule has 0 spiro atoms. The van der Waals surface area contributed by atoms with Crippen LogP contribution in [0.2, 0.25) is 0 Å². The van der Waals surface area contributed by atoms with Crippen LogP contribution >= 0.6 is 0 Å². The fourth-order valence-electron chi connectivity index (χ4n) is 4.51. The zero-order valence-electron chi connectivity index (χ0n) is 18.7. The Labute approximate surface area is 196 Å². The highest BCUT2D eigenvalue weighted by atomic mass is 16.2. The number of rotatable bonds is 4. The monoisotopic (exact) mass is 448 g/mol. The van der Waals surface area contributed by atoms with Gasteiger partial charge in [0.15, 0.2) is 0 Å². The van der Waals surface area contributed by atoms with Crippen LogP contribution in [-0.2, 0) is 5.41 Å². The number of hydrogen-bond acceptors (Lipinski definition) is 4. The van der Waals surface area contributed by atoms with E-state index in [1.54, 1.807) is 6.20 Å². The summed E-state index contributed by atoms with van der Waals surface area (Å²) in [6.45, 7) is 2.23. The molecule has 2 amide bonds. The Hall–Kier alpha value is -4.39. The molecule has 0 radical (unpaired) electrons. The fourth-order valence-corrected chi connectivity index (χ4v) is 4.51. The van der Waals surface area contributed by atoms with Gasteiger partial charge in [0.25, 0.3) is 0 Å². The minimum Gasteiger partial charge on any atom is -0.382 e. The molecule has 1 fully saturated rings. The van der Waals surface area contributed by atoms with Crippen LogP contribution in [0.4, 0.5) is 22.0 Å². The number of hydrogen-bond donors (Lipinski definition) is 3. The summed E-state index contributed by atoms with van der Waals surface area (Å²) in [5.74, 6) is 1.47. The second-order valence-corrected chi connectivity index (χ2v) is 9.03. The topological polar surface area (TPSA) is 97.3 Å². The van der Waals surface area contributed by atoms with Crippen LogP contribution in [0.25, 0.3) is 27.5 Å². The highest BCUT2D eigenvalue weighted by Gasteiger charge is 2.43. The number of nitrogens with zero attached hydrogens (tertiary/aromatic N) is 3. The van der Waals surface area contributed by atoms with E-state index >= 15 is 0 Å². The first kappa shape index (κ1) is 20.2. The molecule has 7 nitrogen and oxygen atoms in total. The van der Waals surface area contributed by atoms with Crippen LogP contribution < -0.4 is 16.4 Å². The van der Waals surface area contributed by atoms with E-state index in [0.29, 0.717) is 5.82 Å². The summed E-state index contributed by atoms with van der Waals surface area (Å²) in [6, 6.07) is 21.0. The van der Waals surface area contributed by atoms with Crippen LogP contribution in [0, 0.1) is 0 Å². The Morgan fingerprint density at radius 3 is 2.47 bits per heavy atom. The number of urea groups is 1. The van der Waals surface area contributed by atoms with Gasteiger partial charge in [-0.25, -0.2) is 14.8 Å². The maximum absolute atomic E-state index is 12.7. The molecule has 4 N–H and O–H groups in total. The lowest BCUT2D eigenvalue weighted by molar-refractivity contribution is 0.262. The minimum absolute atomic E-state index is 0.0573. The number of anilines is 3. The van der Waals surface area contributed by atoms with Gasteiger partial charge in [-0.1, -0.05) is 55.5 Å². The van der Waals surface area contributed by atoms with Crippen LogP contribution in [0.1, 0.15) is 25.6 Å². The predicted octanol–water partition coefficient (Wildman–Crippen LogP) is 5.83. The standard InChI is InChI=1S/C27H24N6O/c1-27(13-14-27)25-32-22(23-24(28)29-15-16-33(23)25)20-11-12-21(19-10-6-5-9-18(19)20)31-26(34)30-17-7-3-2-4-8-17/h2-12,15-16H,13-14H2,1H3,(H2,28,29)(H2,30,31,34). The number of carbonyl (C=O) groups excluding carboxylic acids is 1. The second-order valence-electron chi connectivity index (χ2n) is 9.03. The van der Waals surface area contributed by atoms with Crippen molar-refractivity contribution in [2.45, 2.75) is 25.2 Å². The summed E-state index contributed by atoms with van der Waals surface area (Å²) in [5.41, 5.74) is 10.4. The van der Waals surface area contributed by atoms with E-state index in [0.717, 1.165) is 57.6 Å². The molecule has 3 aromatic carbocycles. The third kappa shape index (κ3) is 3.33. The Morgan fingerprint density at radius 1 is 0.971 bits per heavy atom. The summed E-state index contributed by atoms with van der Waals surface area (Å²) >= 11 is 0. The van der Waals surface area contributed by atoms with Gasteiger partial charge in [0.2, 0.25) is 0 Å². The van der Waals surface area contributed by atoms with Crippen molar-refractivity contribution in [3.05, 3.63) is 84.9 Å². The number of aromatic nitrogens is 3. The molecule has 34 heavy (non-hydrogen) atoms. The third-order valence-electron chi connectivity index (χ3n) is 6.58. The normalized spacial score (nSPS) is 14.3. The van der Waals surface area contributed by atoms with Crippen LogP contribution in [0.5, 0.6) is 0 Å². The van der Waals surface area contributed by atoms with Crippen molar-refractivity contribution < 1.29 is 4.79 Å². The Morgan fingerprint density at radius 2 is 1.71 bits per heavy atom. The highest BCUT2D eigenvalue weighted by molar-refractivity contribution is 6.10. The summed E-state index contributed by atoms with van der Waals surface area (Å²) in [4.78, 5) is 22.1. The molecule has 6 rings (SSSR count). The lowest BCUT2D eigenvalue weighted by atomic mass is 10.00. The second kappa shape index (κ2) is 7.59. The Balaban J connectivity index is 1.45. The summed E-state index contributed by atoms with van der Waals surface area (Å²) in [6.07, 6.45) is 5.87. The number of para-hydroxylation sites is 1. The van der Waals surface area contributed by atoms with Crippen molar-refractivity contribution in [1.29, 1.82) is 0 Å². The van der Waals surface area contributed by atoms with Crippen LogP contribution in [-0.4, -0.2) is 20.4 Å². The average Bonchev–Trinajstić information content (AvgIpc) is 3.46. The molecule has 0 unspecified atom stereocenters. The van der Waals surface area contributed by atoms with E-state index in [1.165, 1.54) is 0 Å². The number of nitrogens with one attached hydrogen (secondary N) is 2. The van der Waals surface area contributed by atoms with Gasteiger partial charge in [0.1, 0.15) is 22.9 Å². The average molecular weight is 449 g/mol. The van der Waals surface area contributed by atoms with Gasteiger partial charge in [0, 0.05) is 34.4 Å². The Bertz CT molecular complexity index is 1550. The molecule has 7 heteroatoms. The van der Waals surface area contributed by atoms with E-state index in [9.17, 15) is 4.79 Å². The van der Waals surface area contributed by atoms with Gasteiger partial charge in [-0.2, -0.15) is 0 Å². The lowest BCUT2D eigenvalue weighted by Crippen LogP contribution is -2.19. The van der Waals surface area contributed by atoms with Gasteiger partial charge in [0.05, 0.1) is 5.69 Å². The van der Waals surface area contributed by atoms with Gasteiger partial charge >= 0.3 is 6.03 Å². The number of benzene rings is 3. The molecule has 0 bridgehead atoms. The van der Waals surface area contributed by atoms with Crippen molar-refractivity contribution in [1.82, 2.24) is 14.4 Å². The maximum atomic E-state index is 12.7. The third-order valence-corrected chi connectivity index (χ3v) is 6.58.